The topological polar surface area (TPSA) is 46.2 Å². The van der Waals surface area contributed by atoms with Gasteiger partial charge in [-0.2, -0.15) is 0 Å². The van der Waals surface area contributed by atoms with Crippen LogP contribution in [0.25, 0.3) is 0 Å². The van der Waals surface area contributed by atoms with Gasteiger partial charge in [0.05, 0.1) is 6.61 Å². The molecule has 0 saturated heterocycles. The number of thiophene rings is 1. The molecular formula is C16H29NOS. The van der Waals surface area contributed by atoms with Crippen molar-refractivity contribution in [1.29, 1.82) is 0 Å². The number of unbranched alkanes of at least 4 members (excludes halogenated alkanes) is 3. The molecule has 0 spiro atoms. The van der Waals surface area contributed by atoms with E-state index in [-0.39, 0.29) is 6.61 Å². The lowest BCUT2D eigenvalue weighted by Crippen LogP contribution is -2.43. The zero-order valence-electron chi connectivity index (χ0n) is 12.5. The minimum absolute atomic E-state index is 0.0821. The molecule has 0 aliphatic heterocycles. The van der Waals surface area contributed by atoms with E-state index >= 15 is 0 Å². The fourth-order valence-electron chi connectivity index (χ4n) is 2.16. The summed E-state index contributed by atoms with van der Waals surface area (Å²) in [6.07, 6.45) is 9.20. The molecule has 110 valence electrons. The van der Waals surface area contributed by atoms with Crippen LogP contribution >= 0.6 is 11.3 Å². The maximum absolute atomic E-state index is 9.31. The molecule has 0 aliphatic rings. The van der Waals surface area contributed by atoms with Crippen LogP contribution in [0.15, 0.2) is 12.1 Å². The third-order valence-electron chi connectivity index (χ3n) is 3.88. The van der Waals surface area contributed by atoms with E-state index in [1.54, 1.807) is 0 Å². The lowest BCUT2D eigenvalue weighted by molar-refractivity contribution is 0.183. The van der Waals surface area contributed by atoms with E-state index in [9.17, 15) is 5.11 Å². The van der Waals surface area contributed by atoms with Crippen molar-refractivity contribution in [1.82, 2.24) is 0 Å². The molecule has 0 amide bonds. The van der Waals surface area contributed by atoms with E-state index in [0.29, 0.717) is 0 Å². The number of rotatable bonds is 10. The summed E-state index contributed by atoms with van der Waals surface area (Å²) in [5.41, 5.74) is 5.72. The second-order valence-corrected chi connectivity index (χ2v) is 6.81. The van der Waals surface area contributed by atoms with Crippen LogP contribution in [0.4, 0.5) is 0 Å². The SMILES string of the molecule is CCCCCCc1ccc(CCC(N)(CC)CO)s1. The third kappa shape index (κ3) is 6.07. The number of hydrogen-bond acceptors (Lipinski definition) is 3. The molecule has 1 aromatic rings. The summed E-state index contributed by atoms with van der Waals surface area (Å²) in [7, 11) is 0. The molecule has 2 nitrogen and oxygen atoms in total. The molecule has 0 saturated carbocycles. The first-order valence-electron chi connectivity index (χ1n) is 7.61. The first-order valence-corrected chi connectivity index (χ1v) is 8.42. The van der Waals surface area contributed by atoms with Gasteiger partial charge in [-0.25, -0.2) is 0 Å². The maximum atomic E-state index is 9.31. The average molecular weight is 283 g/mol. The van der Waals surface area contributed by atoms with Gasteiger partial charge in [-0.15, -0.1) is 11.3 Å². The summed E-state index contributed by atoms with van der Waals surface area (Å²) in [4.78, 5) is 2.90. The normalized spacial score (nSPS) is 14.5. The molecule has 0 aromatic carbocycles. The minimum atomic E-state index is -0.398. The standard InChI is InChI=1S/C16H29NOS/c1-3-5-6-7-8-14-9-10-15(19-14)11-12-16(17,4-2)13-18/h9-10,18H,3-8,11-13,17H2,1-2H3. The first kappa shape index (κ1) is 16.7. The highest BCUT2D eigenvalue weighted by Gasteiger charge is 2.21. The molecule has 19 heavy (non-hydrogen) atoms. The molecular weight excluding hydrogens is 254 g/mol. The predicted molar refractivity (Wildman–Crippen MR) is 84.8 cm³/mol. The van der Waals surface area contributed by atoms with E-state index in [1.165, 1.54) is 41.9 Å². The highest BCUT2D eigenvalue weighted by atomic mass is 32.1. The van der Waals surface area contributed by atoms with Gasteiger partial charge in [0.1, 0.15) is 0 Å². The Kier molecular flexibility index (Phi) is 7.66. The van der Waals surface area contributed by atoms with Crippen LogP contribution in [0, 0.1) is 0 Å². The Morgan fingerprint density at radius 1 is 1.11 bits per heavy atom. The average Bonchev–Trinajstić information content (AvgIpc) is 2.89. The predicted octanol–water partition coefficient (Wildman–Crippen LogP) is 3.90. The van der Waals surface area contributed by atoms with Crippen LogP contribution < -0.4 is 5.73 Å². The van der Waals surface area contributed by atoms with Gasteiger partial charge in [0, 0.05) is 15.3 Å². The van der Waals surface area contributed by atoms with Crippen LogP contribution in [0.5, 0.6) is 0 Å². The van der Waals surface area contributed by atoms with Gasteiger partial charge in [0.25, 0.3) is 0 Å². The number of aliphatic hydroxyl groups excluding tert-OH is 1. The van der Waals surface area contributed by atoms with E-state index in [1.807, 2.05) is 18.3 Å². The van der Waals surface area contributed by atoms with Crippen molar-refractivity contribution in [2.75, 3.05) is 6.61 Å². The van der Waals surface area contributed by atoms with Gasteiger partial charge in [-0.05, 0) is 44.2 Å². The number of hydrogen-bond donors (Lipinski definition) is 2. The largest absolute Gasteiger partial charge is 0.394 e. The van der Waals surface area contributed by atoms with Gasteiger partial charge in [0.2, 0.25) is 0 Å². The molecule has 3 heteroatoms. The second-order valence-electron chi connectivity index (χ2n) is 5.55. The van der Waals surface area contributed by atoms with Gasteiger partial charge < -0.3 is 10.8 Å². The van der Waals surface area contributed by atoms with Crippen molar-refractivity contribution in [3.63, 3.8) is 0 Å². The van der Waals surface area contributed by atoms with Crippen LogP contribution in [-0.4, -0.2) is 17.3 Å². The second kappa shape index (κ2) is 8.72. The summed E-state index contributed by atoms with van der Waals surface area (Å²) in [6, 6.07) is 4.49. The van der Waals surface area contributed by atoms with Crippen LogP contribution in [0.1, 0.15) is 62.1 Å². The van der Waals surface area contributed by atoms with E-state index < -0.39 is 5.54 Å². The van der Waals surface area contributed by atoms with Gasteiger partial charge in [0.15, 0.2) is 0 Å². The van der Waals surface area contributed by atoms with Crippen LogP contribution in [0.3, 0.4) is 0 Å². The lowest BCUT2D eigenvalue weighted by atomic mass is 9.92. The van der Waals surface area contributed by atoms with Crippen molar-refractivity contribution in [2.24, 2.45) is 5.73 Å². The Balaban J connectivity index is 2.34. The Bertz CT molecular complexity index is 344. The van der Waals surface area contributed by atoms with Crippen molar-refractivity contribution < 1.29 is 5.11 Å². The molecule has 0 bridgehead atoms. The lowest BCUT2D eigenvalue weighted by Gasteiger charge is -2.25. The monoisotopic (exact) mass is 283 g/mol. The zero-order chi connectivity index (χ0) is 14.1. The van der Waals surface area contributed by atoms with Crippen molar-refractivity contribution in [3.05, 3.63) is 21.9 Å². The Morgan fingerprint density at radius 3 is 2.37 bits per heavy atom. The fourth-order valence-corrected chi connectivity index (χ4v) is 3.22. The minimum Gasteiger partial charge on any atom is -0.394 e. The number of aliphatic hydroxyl groups is 1. The van der Waals surface area contributed by atoms with E-state index in [0.717, 1.165) is 19.3 Å². The molecule has 3 N–H and O–H groups in total. The third-order valence-corrected chi connectivity index (χ3v) is 5.09. The molecule has 1 unspecified atom stereocenters. The van der Waals surface area contributed by atoms with Gasteiger partial charge in [-0.3, -0.25) is 0 Å². The summed E-state index contributed by atoms with van der Waals surface area (Å²) in [5.74, 6) is 0. The first-order chi connectivity index (χ1) is 9.13. The molecule has 1 rings (SSSR count). The smallest absolute Gasteiger partial charge is 0.0611 e. The van der Waals surface area contributed by atoms with Crippen molar-refractivity contribution >= 4 is 11.3 Å². The molecule has 1 aromatic heterocycles. The van der Waals surface area contributed by atoms with Crippen molar-refractivity contribution in [3.8, 4) is 0 Å². The summed E-state index contributed by atoms with van der Waals surface area (Å²) >= 11 is 1.92. The van der Waals surface area contributed by atoms with Crippen molar-refractivity contribution in [2.45, 2.75) is 70.8 Å². The van der Waals surface area contributed by atoms with Gasteiger partial charge in [-0.1, -0.05) is 33.1 Å². The summed E-state index contributed by atoms with van der Waals surface area (Å²) in [6.45, 7) is 4.37. The number of aryl methyl sites for hydroxylation is 2. The van der Waals surface area contributed by atoms with E-state index in [2.05, 4.69) is 19.1 Å². The fraction of sp³-hybridized carbons (Fsp3) is 0.750. The highest BCUT2D eigenvalue weighted by molar-refractivity contribution is 7.11. The zero-order valence-corrected chi connectivity index (χ0v) is 13.3. The quantitative estimate of drug-likeness (QED) is 0.640. The maximum Gasteiger partial charge on any atom is 0.0611 e. The Morgan fingerprint density at radius 2 is 1.79 bits per heavy atom. The van der Waals surface area contributed by atoms with Crippen LogP contribution in [-0.2, 0) is 12.8 Å². The number of nitrogens with two attached hydrogens (primary N) is 1. The Hall–Kier alpha value is -0.380. The molecule has 1 heterocycles. The molecule has 0 radical (unpaired) electrons. The van der Waals surface area contributed by atoms with Crippen LogP contribution in [0.2, 0.25) is 0 Å². The molecule has 0 fully saturated rings. The van der Waals surface area contributed by atoms with E-state index in [4.69, 9.17) is 5.73 Å². The molecule has 1 atom stereocenters. The highest BCUT2D eigenvalue weighted by Crippen LogP contribution is 2.23. The summed E-state index contributed by atoms with van der Waals surface area (Å²) in [5, 5.41) is 9.31. The van der Waals surface area contributed by atoms with Gasteiger partial charge >= 0.3 is 0 Å². The Labute approximate surface area is 122 Å². The molecule has 0 aliphatic carbocycles. The summed E-state index contributed by atoms with van der Waals surface area (Å²) < 4.78 is 0.